The summed E-state index contributed by atoms with van der Waals surface area (Å²) in [5, 5.41) is 1.06. The van der Waals surface area contributed by atoms with Crippen molar-refractivity contribution in [1.82, 2.24) is 9.36 Å². The third kappa shape index (κ3) is 2.83. The Morgan fingerprint density at radius 3 is 2.72 bits per heavy atom. The van der Waals surface area contributed by atoms with Crippen LogP contribution in [0, 0.1) is 5.92 Å². The van der Waals surface area contributed by atoms with Crippen molar-refractivity contribution in [1.29, 1.82) is 0 Å². The predicted molar refractivity (Wildman–Crippen MR) is 77.2 cm³/mol. The predicted octanol–water partition coefficient (Wildman–Crippen LogP) is 2.40. The number of piperidine rings is 1. The van der Waals surface area contributed by atoms with Crippen LogP contribution in [0.5, 0.6) is 0 Å². The van der Waals surface area contributed by atoms with Crippen LogP contribution in [0.4, 0.5) is 5.13 Å². The lowest BCUT2D eigenvalue weighted by Crippen LogP contribution is -2.47. The molecule has 4 nitrogen and oxygen atoms in total. The van der Waals surface area contributed by atoms with Gasteiger partial charge in [0.15, 0.2) is 0 Å². The van der Waals surface area contributed by atoms with Gasteiger partial charge in [0, 0.05) is 36.1 Å². The Morgan fingerprint density at radius 1 is 1.44 bits per heavy atom. The van der Waals surface area contributed by atoms with E-state index in [4.69, 9.17) is 10.7 Å². The minimum atomic E-state index is 0.0328. The van der Waals surface area contributed by atoms with Crippen molar-refractivity contribution in [2.75, 3.05) is 18.0 Å². The summed E-state index contributed by atoms with van der Waals surface area (Å²) in [5.41, 5.74) is 6.18. The van der Waals surface area contributed by atoms with Crippen molar-refractivity contribution in [3.63, 3.8) is 0 Å². The highest BCUT2D eigenvalue weighted by atomic mass is 32.1. The van der Waals surface area contributed by atoms with Crippen LogP contribution >= 0.6 is 11.5 Å². The number of aromatic nitrogens is 2. The van der Waals surface area contributed by atoms with E-state index < -0.39 is 0 Å². The summed E-state index contributed by atoms with van der Waals surface area (Å²) in [7, 11) is 0. The van der Waals surface area contributed by atoms with E-state index in [2.05, 4.69) is 37.0 Å². The van der Waals surface area contributed by atoms with Crippen LogP contribution in [0.3, 0.4) is 0 Å². The van der Waals surface area contributed by atoms with Gasteiger partial charge in [0.1, 0.15) is 5.82 Å². The molecule has 1 aromatic rings. The van der Waals surface area contributed by atoms with Gasteiger partial charge in [0.2, 0.25) is 5.13 Å². The normalized spacial score (nSPS) is 25.5. The maximum Gasteiger partial charge on any atom is 0.205 e. The summed E-state index contributed by atoms with van der Waals surface area (Å²) in [6.45, 7) is 10.7. The molecule has 2 rings (SSSR count). The van der Waals surface area contributed by atoms with Crippen LogP contribution in [0.2, 0.25) is 0 Å². The SMILES string of the molecule is CCC1CN(c2nc(C(C)(C)C)ns2)CCC1N. The summed E-state index contributed by atoms with van der Waals surface area (Å²) in [4.78, 5) is 7.04. The van der Waals surface area contributed by atoms with Gasteiger partial charge in [-0.25, -0.2) is 4.98 Å². The first-order valence-electron chi connectivity index (χ1n) is 6.76. The second-order valence-corrected chi connectivity index (χ2v) is 6.95. The van der Waals surface area contributed by atoms with Crippen molar-refractivity contribution in [3.8, 4) is 0 Å². The first kappa shape index (κ1) is 13.7. The van der Waals surface area contributed by atoms with Crippen LogP contribution in [-0.4, -0.2) is 28.5 Å². The fourth-order valence-electron chi connectivity index (χ4n) is 2.30. The Morgan fingerprint density at radius 2 is 2.17 bits per heavy atom. The third-order valence-corrected chi connectivity index (χ3v) is 4.45. The van der Waals surface area contributed by atoms with Crippen molar-refractivity contribution in [2.24, 2.45) is 11.7 Å². The molecule has 1 fully saturated rings. The quantitative estimate of drug-likeness (QED) is 0.895. The molecule has 2 atom stereocenters. The minimum Gasteiger partial charge on any atom is -0.346 e. The molecule has 0 spiro atoms. The van der Waals surface area contributed by atoms with Gasteiger partial charge < -0.3 is 10.6 Å². The lowest BCUT2D eigenvalue weighted by atomic mass is 9.91. The average Bonchev–Trinajstić information content (AvgIpc) is 2.78. The Kier molecular flexibility index (Phi) is 3.92. The molecule has 102 valence electrons. The lowest BCUT2D eigenvalue weighted by molar-refractivity contribution is 0.347. The molecule has 0 radical (unpaired) electrons. The van der Waals surface area contributed by atoms with E-state index in [9.17, 15) is 0 Å². The van der Waals surface area contributed by atoms with Gasteiger partial charge in [-0.3, -0.25) is 0 Å². The molecule has 0 saturated carbocycles. The van der Waals surface area contributed by atoms with Gasteiger partial charge >= 0.3 is 0 Å². The number of hydrogen-bond donors (Lipinski definition) is 1. The summed E-state index contributed by atoms with van der Waals surface area (Å²) in [6.07, 6.45) is 2.20. The zero-order chi connectivity index (χ0) is 13.3. The van der Waals surface area contributed by atoms with E-state index in [1.54, 1.807) is 0 Å². The first-order valence-corrected chi connectivity index (χ1v) is 7.54. The van der Waals surface area contributed by atoms with Crippen molar-refractivity contribution < 1.29 is 0 Å². The van der Waals surface area contributed by atoms with E-state index in [0.29, 0.717) is 12.0 Å². The van der Waals surface area contributed by atoms with Crippen LogP contribution in [-0.2, 0) is 5.41 Å². The fourth-order valence-corrected chi connectivity index (χ4v) is 3.20. The zero-order valence-electron chi connectivity index (χ0n) is 11.8. The van der Waals surface area contributed by atoms with Gasteiger partial charge in [-0.15, -0.1) is 0 Å². The third-order valence-electron chi connectivity index (χ3n) is 3.67. The molecule has 1 saturated heterocycles. The van der Waals surface area contributed by atoms with E-state index in [0.717, 1.165) is 36.9 Å². The van der Waals surface area contributed by atoms with Crippen molar-refractivity contribution in [3.05, 3.63) is 5.82 Å². The van der Waals surface area contributed by atoms with E-state index in [1.165, 1.54) is 11.5 Å². The molecular formula is C13H24N4S. The molecule has 1 aliphatic heterocycles. The standard InChI is InChI=1S/C13H24N4S/c1-5-9-8-17(7-6-10(9)14)12-15-11(16-18-12)13(2,3)4/h9-10H,5-8,14H2,1-4H3. The van der Waals surface area contributed by atoms with E-state index in [1.807, 2.05) is 0 Å². The molecular weight excluding hydrogens is 244 g/mol. The van der Waals surface area contributed by atoms with Gasteiger partial charge in [-0.2, -0.15) is 4.37 Å². The Hall–Kier alpha value is -0.680. The second-order valence-electron chi connectivity index (χ2n) is 6.22. The molecule has 2 N–H and O–H groups in total. The second kappa shape index (κ2) is 5.13. The highest BCUT2D eigenvalue weighted by Gasteiger charge is 2.28. The molecule has 0 bridgehead atoms. The molecule has 2 unspecified atom stereocenters. The first-order chi connectivity index (χ1) is 8.41. The van der Waals surface area contributed by atoms with Gasteiger partial charge in [0.05, 0.1) is 0 Å². The van der Waals surface area contributed by atoms with Gasteiger partial charge in [-0.05, 0) is 12.3 Å². The molecule has 0 aliphatic carbocycles. The molecule has 1 aliphatic rings. The summed E-state index contributed by atoms with van der Waals surface area (Å²) < 4.78 is 4.49. The highest BCUT2D eigenvalue weighted by Crippen LogP contribution is 2.29. The molecule has 5 heteroatoms. The topological polar surface area (TPSA) is 55.0 Å². The van der Waals surface area contributed by atoms with Crippen LogP contribution in [0.1, 0.15) is 46.4 Å². The fraction of sp³-hybridized carbons (Fsp3) is 0.846. The Labute approximate surface area is 114 Å². The maximum atomic E-state index is 6.14. The van der Waals surface area contributed by atoms with Gasteiger partial charge in [0.25, 0.3) is 0 Å². The molecule has 18 heavy (non-hydrogen) atoms. The number of hydrogen-bond acceptors (Lipinski definition) is 5. The van der Waals surface area contributed by atoms with Crippen LogP contribution < -0.4 is 10.6 Å². The number of anilines is 1. The largest absolute Gasteiger partial charge is 0.346 e. The Bertz CT molecular complexity index is 396. The van der Waals surface area contributed by atoms with E-state index >= 15 is 0 Å². The smallest absolute Gasteiger partial charge is 0.205 e. The average molecular weight is 268 g/mol. The van der Waals surface area contributed by atoms with Crippen molar-refractivity contribution >= 4 is 16.7 Å². The summed E-state index contributed by atoms with van der Waals surface area (Å²) in [6, 6.07) is 0.348. The molecule has 2 heterocycles. The minimum absolute atomic E-state index is 0.0328. The highest BCUT2D eigenvalue weighted by molar-refractivity contribution is 7.09. The van der Waals surface area contributed by atoms with E-state index in [-0.39, 0.29) is 5.41 Å². The Balaban J connectivity index is 2.10. The number of nitrogens with two attached hydrogens (primary N) is 1. The molecule has 0 aromatic carbocycles. The number of nitrogens with zero attached hydrogens (tertiary/aromatic N) is 3. The number of rotatable bonds is 2. The van der Waals surface area contributed by atoms with Crippen LogP contribution in [0.15, 0.2) is 0 Å². The molecule has 1 aromatic heterocycles. The summed E-state index contributed by atoms with van der Waals surface area (Å²) >= 11 is 1.52. The van der Waals surface area contributed by atoms with Crippen molar-refractivity contribution in [2.45, 2.75) is 52.0 Å². The monoisotopic (exact) mass is 268 g/mol. The van der Waals surface area contributed by atoms with Crippen LogP contribution in [0.25, 0.3) is 0 Å². The molecule has 0 amide bonds. The lowest BCUT2D eigenvalue weighted by Gasteiger charge is -2.36. The summed E-state index contributed by atoms with van der Waals surface area (Å²) in [5.74, 6) is 1.53. The maximum absolute atomic E-state index is 6.14. The zero-order valence-corrected chi connectivity index (χ0v) is 12.6. The van der Waals surface area contributed by atoms with Gasteiger partial charge in [-0.1, -0.05) is 34.1 Å².